The highest BCUT2D eigenvalue weighted by Gasteiger charge is 2.38. The first-order valence-electron chi connectivity index (χ1n) is 9.63. The first-order valence-corrected chi connectivity index (χ1v) is 10.0. The van der Waals surface area contributed by atoms with Crippen LogP contribution in [-0.2, 0) is 23.0 Å². The lowest BCUT2D eigenvalue weighted by molar-refractivity contribution is -0.124. The van der Waals surface area contributed by atoms with Crippen molar-refractivity contribution < 1.29 is 9.53 Å². The highest BCUT2D eigenvalue weighted by Crippen LogP contribution is 2.41. The van der Waals surface area contributed by atoms with Crippen molar-refractivity contribution >= 4 is 17.5 Å². The monoisotopic (exact) mass is 367 g/mol. The van der Waals surface area contributed by atoms with Gasteiger partial charge in [0.15, 0.2) is 0 Å². The van der Waals surface area contributed by atoms with E-state index in [4.69, 9.17) is 16.3 Å². The van der Waals surface area contributed by atoms with E-state index in [1.165, 1.54) is 32.1 Å². The molecule has 2 heterocycles. The number of nitrogens with zero attached hydrogens (tertiary/aromatic N) is 2. The molecule has 2 aliphatic rings. The summed E-state index contributed by atoms with van der Waals surface area (Å²) in [6, 6.07) is 0.143. The molecule has 2 fully saturated rings. The normalized spacial score (nSPS) is 28.1. The van der Waals surface area contributed by atoms with Gasteiger partial charge in [-0.1, -0.05) is 37.8 Å². The molecular formula is C19H30ClN3O2. The quantitative estimate of drug-likeness (QED) is 0.876. The molecule has 0 radical (unpaired) electrons. The van der Waals surface area contributed by atoms with Gasteiger partial charge in [-0.25, -0.2) is 0 Å². The molecule has 5 nitrogen and oxygen atoms in total. The van der Waals surface area contributed by atoms with E-state index in [0.717, 1.165) is 30.5 Å². The molecule has 25 heavy (non-hydrogen) atoms. The van der Waals surface area contributed by atoms with E-state index < -0.39 is 0 Å². The van der Waals surface area contributed by atoms with Crippen molar-refractivity contribution in [1.29, 1.82) is 0 Å². The van der Waals surface area contributed by atoms with Crippen LogP contribution >= 0.6 is 11.6 Å². The van der Waals surface area contributed by atoms with Crippen molar-refractivity contribution in [1.82, 2.24) is 15.1 Å². The number of hydrogen-bond acceptors (Lipinski definition) is 3. The summed E-state index contributed by atoms with van der Waals surface area (Å²) in [4.78, 5) is 11.6. The van der Waals surface area contributed by atoms with Crippen molar-refractivity contribution in [2.24, 2.45) is 13.0 Å². The minimum absolute atomic E-state index is 0.0287. The average molecular weight is 368 g/mol. The number of ether oxygens (including phenoxy) is 1. The smallest absolute Gasteiger partial charge is 0.217 e. The van der Waals surface area contributed by atoms with Crippen LogP contribution in [0.1, 0.15) is 76.2 Å². The van der Waals surface area contributed by atoms with Crippen molar-refractivity contribution in [3.63, 3.8) is 0 Å². The van der Waals surface area contributed by atoms with Crippen molar-refractivity contribution in [3.8, 4) is 0 Å². The van der Waals surface area contributed by atoms with Gasteiger partial charge in [0, 0.05) is 25.6 Å². The minimum atomic E-state index is -0.0892. The van der Waals surface area contributed by atoms with Gasteiger partial charge >= 0.3 is 0 Å². The Kier molecular flexibility index (Phi) is 6.05. The number of rotatable bonds is 4. The molecule has 140 valence electrons. The Morgan fingerprint density at radius 3 is 2.68 bits per heavy atom. The lowest BCUT2D eigenvalue weighted by Gasteiger charge is -2.40. The zero-order valence-electron chi connectivity index (χ0n) is 15.6. The number of hydrogen-bond donors (Lipinski definition) is 1. The van der Waals surface area contributed by atoms with Gasteiger partial charge in [-0.3, -0.25) is 9.48 Å². The molecule has 0 aromatic carbocycles. The Bertz CT molecular complexity index is 610. The van der Waals surface area contributed by atoms with Crippen LogP contribution in [0.3, 0.4) is 0 Å². The summed E-state index contributed by atoms with van der Waals surface area (Å²) in [5.74, 6) is 0.620. The maximum atomic E-state index is 11.6. The van der Waals surface area contributed by atoms with Crippen LogP contribution in [-0.4, -0.2) is 27.8 Å². The summed E-state index contributed by atoms with van der Waals surface area (Å²) >= 11 is 6.55. The molecule has 1 aliphatic heterocycles. The maximum absolute atomic E-state index is 11.6. The number of carbonyl (C=O) groups excluding carboxylic acids is 1. The van der Waals surface area contributed by atoms with Crippen LogP contribution in [0.15, 0.2) is 0 Å². The molecule has 1 aromatic heterocycles. The third-order valence-electron chi connectivity index (χ3n) is 5.68. The van der Waals surface area contributed by atoms with Crippen molar-refractivity contribution in [3.05, 3.63) is 16.4 Å². The van der Waals surface area contributed by atoms with Crippen molar-refractivity contribution in [2.45, 2.75) is 83.5 Å². The Morgan fingerprint density at radius 1 is 1.32 bits per heavy atom. The number of carbonyl (C=O) groups is 1. The van der Waals surface area contributed by atoms with Gasteiger partial charge in [0.25, 0.3) is 0 Å². The third kappa shape index (κ3) is 4.20. The van der Waals surface area contributed by atoms with Gasteiger partial charge < -0.3 is 10.1 Å². The highest BCUT2D eigenvalue weighted by atomic mass is 35.5. The van der Waals surface area contributed by atoms with Crippen LogP contribution < -0.4 is 5.32 Å². The van der Waals surface area contributed by atoms with Gasteiger partial charge in [0.2, 0.25) is 5.91 Å². The average Bonchev–Trinajstić information content (AvgIpc) is 2.89. The second-order valence-electron chi connectivity index (χ2n) is 7.56. The molecule has 1 aliphatic carbocycles. The lowest BCUT2D eigenvalue weighted by atomic mass is 9.80. The van der Waals surface area contributed by atoms with Crippen molar-refractivity contribution in [2.75, 3.05) is 0 Å². The molecule has 1 aromatic rings. The SMILES string of the molecule is CCc1nn(C)c(Cl)c1[C@@H]1C[C@H](NC(C)=O)C[C@H](C2CCCCC2)O1. The van der Waals surface area contributed by atoms with Crippen LogP contribution in [0.4, 0.5) is 0 Å². The van der Waals surface area contributed by atoms with E-state index in [9.17, 15) is 4.79 Å². The van der Waals surface area contributed by atoms with E-state index in [1.807, 2.05) is 7.05 Å². The molecule has 3 rings (SSSR count). The number of nitrogens with one attached hydrogen (secondary N) is 1. The Labute approximate surface area is 155 Å². The molecule has 1 N–H and O–H groups in total. The summed E-state index contributed by atoms with van der Waals surface area (Å²) < 4.78 is 8.30. The second kappa shape index (κ2) is 8.09. The number of amides is 1. The number of aromatic nitrogens is 2. The largest absolute Gasteiger partial charge is 0.370 e. The van der Waals surface area contributed by atoms with Crippen LogP contribution in [0.2, 0.25) is 5.15 Å². The lowest BCUT2D eigenvalue weighted by Crippen LogP contribution is -2.45. The number of halogens is 1. The third-order valence-corrected chi connectivity index (χ3v) is 6.13. The number of aryl methyl sites for hydroxylation is 2. The first-order chi connectivity index (χ1) is 12.0. The molecule has 6 heteroatoms. The maximum Gasteiger partial charge on any atom is 0.217 e. The van der Waals surface area contributed by atoms with E-state index in [-0.39, 0.29) is 24.2 Å². The summed E-state index contributed by atoms with van der Waals surface area (Å²) in [7, 11) is 1.87. The molecule has 0 unspecified atom stereocenters. The zero-order chi connectivity index (χ0) is 18.0. The van der Waals surface area contributed by atoms with Crippen LogP contribution in [0.5, 0.6) is 0 Å². The van der Waals surface area contributed by atoms with Gasteiger partial charge in [0.05, 0.1) is 17.9 Å². The van der Waals surface area contributed by atoms with Gasteiger partial charge in [0.1, 0.15) is 5.15 Å². The molecular weight excluding hydrogens is 338 g/mol. The van der Waals surface area contributed by atoms with E-state index in [1.54, 1.807) is 11.6 Å². The van der Waals surface area contributed by atoms with E-state index in [2.05, 4.69) is 17.3 Å². The molecule has 1 saturated carbocycles. The van der Waals surface area contributed by atoms with Gasteiger partial charge in [-0.2, -0.15) is 5.10 Å². The Balaban J connectivity index is 1.85. The summed E-state index contributed by atoms with van der Waals surface area (Å²) in [6.07, 6.45) is 8.95. The van der Waals surface area contributed by atoms with Gasteiger partial charge in [-0.05, 0) is 38.0 Å². The summed E-state index contributed by atoms with van der Waals surface area (Å²) in [5, 5.41) is 8.33. The summed E-state index contributed by atoms with van der Waals surface area (Å²) in [5.41, 5.74) is 2.02. The van der Waals surface area contributed by atoms with E-state index >= 15 is 0 Å². The summed E-state index contributed by atoms with van der Waals surface area (Å²) in [6.45, 7) is 3.68. The first kappa shape index (κ1) is 18.7. The van der Waals surface area contributed by atoms with E-state index in [0.29, 0.717) is 11.1 Å². The fourth-order valence-corrected chi connectivity index (χ4v) is 4.78. The molecule has 3 atom stereocenters. The predicted octanol–water partition coefficient (Wildman–Crippen LogP) is 3.94. The molecule has 1 saturated heterocycles. The zero-order valence-corrected chi connectivity index (χ0v) is 16.3. The molecule has 0 spiro atoms. The fourth-order valence-electron chi connectivity index (χ4n) is 4.51. The fraction of sp³-hybridized carbons (Fsp3) is 0.789. The highest BCUT2D eigenvalue weighted by molar-refractivity contribution is 6.30. The minimum Gasteiger partial charge on any atom is -0.370 e. The molecule has 0 bridgehead atoms. The molecule has 1 amide bonds. The topological polar surface area (TPSA) is 56.2 Å². The standard InChI is InChI=1S/C19H30ClN3O2/c1-4-15-18(19(20)23(3)22-15)17-11-14(21-12(2)24)10-16(25-17)13-8-6-5-7-9-13/h13-14,16-17H,4-11H2,1-3H3,(H,21,24)/t14-,16-,17+/m1/s1. The Hall–Kier alpha value is -1.07. The second-order valence-corrected chi connectivity index (χ2v) is 7.92. The Morgan fingerprint density at radius 2 is 2.04 bits per heavy atom. The van der Waals surface area contributed by atoms with Crippen LogP contribution in [0.25, 0.3) is 0 Å². The predicted molar refractivity (Wildman–Crippen MR) is 98.6 cm³/mol. The van der Waals surface area contributed by atoms with Gasteiger partial charge in [-0.15, -0.1) is 0 Å². The van der Waals surface area contributed by atoms with Crippen LogP contribution in [0, 0.1) is 5.92 Å².